The number of benzene rings is 1. The van der Waals surface area contributed by atoms with E-state index in [2.05, 4.69) is 43.7 Å². The molecule has 0 saturated carbocycles. The SMILES string of the molecule is CCCCCCCCCCCCCCCCCCCC(=O)NCCC[N+](C)(C=Cc1ccccc1)CN1CCCC1=O.[Cl-]. The minimum Gasteiger partial charge on any atom is -1.00 e. The van der Waals surface area contributed by atoms with E-state index < -0.39 is 0 Å². The first-order valence-electron chi connectivity index (χ1n) is 17.7. The van der Waals surface area contributed by atoms with Crippen molar-refractivity contribution < 1.29 is 26.5 Å². The Hall–Kier alpha value is -1.85. The first-order valence-corrected chi connectivity index (χ1v) is 17.7. The van der Waals surface area contributed by atoms with Crippen molar-refractivity contribution in [3.63, 3.8) is 0 Å². The van der Waals surface area contributed by atoms with Gasteiger partial charge in [-0.2, -0.15) is 0 Å². The van der Waals surface area contributed by atoms with Crippen LogP contribution in [-0.4, -0.2) is 54.5 Å². The zero-order chi connectivity index (χ0) is 30.1. The molecule has 1 heterocycles. The fourth-order valence-electron chi connectivity index (χ4n) is 6.03. The van der Waals surface area contributed by atoms with Crippen molar-refractivity contribution >= 4 is 17.9 Å². The van der Waals surface area contributed by atoms with E-state index in [-0.39, 0.29) is 24.2 Å². The highest BCUT2D eigenvalue weighted by Crippen LogP contribution is 2.17. The van der Waals surface area contributed by atoms with Crippen molar-refractivity contribution in [3.05, 3.63) is 42.1 Å². The van der Waals surface area contributed by atoms with Gasteiger partial charge >= 0.3 is 0 Å². The summed E-state index contributed by atoms with van der Waals surface area (Å²) in [4.78, 5) is 26.6. The molecule has 2 amide bonds. The summed E-state index contributed by atoms with van der Waals surface area (Å²) in [5.41, 5.74) is 1.16. The summed E-state index contributed by atoms with van der Waals surface area (Å²) in [6, 6.07) is 10.3. The summed E-state index contributed by atoms with van der Waals surface area (Å²) in [5.74, 6) is 0.439. The van der Waals surface area contributed by atoms with Gasteiger partial charge in [0.25, 0.3) is 0 Å². The van der Waals surface area contributed by atoms with Crippen molar-refractivity contribution in [2.24, 2.45) is 0 Å². The van der Waals surface area contributed by atoms with Gasteiger partial charge in [-0.3, -0.25) is 19.0 Å². The number of unbranched alkanes of at least 4 members (excludes halogenated alkanes) is 16. The molecule has 1 N–H and O–H groups in total. The van der Waals surface area contributed by atoms with E-state index >= 15 is 0 Å². The maximum absolute atomic E-state index is 12.4. The number of nitrogens with one attached hydrogen (secondary N) is 1. The predicted octanol–water partition coefficient (Wildman–Crippen LogP) is 6.24. The minimum absolute atomic E-state index is 0. The highest BCUT2D eigenvalue weighted by molar-refractivity contribution is 5.77. The van der Waals surface area contributed by atoms with Crippen LogP contribution >= 0.6 is 0 Å². The molecule has 0 aliphatic carbocycles. The third-order valence-electron chi connectivity index (χ3n) is 8.77. The molecule has 43 heavy (non-hydrogen) atoms. The minimum atomic E-state index is 0. The lowest BCUT2D eigenvalue weighted by Crippen LogP contribution is -3.00. The van der Waals surface area contributed by atoms with Gasteiger partial charge in [-0.05, 0) is 24.5 Å². The molecule has 1 aromatic carbocycles. The smallest absolute Gasteiger partial charge is 0.226 e. The second-order valence-electron chi connectivity index (χ2n) is 12.9. The number of carbonyl (C=O) groups is 2. The Morgan fingerprint density at radius 1 is 0.814 bits per heavy atom. The molecule has 1 unspecified atom stereocenters. The number of quaternary nitrogens is 1. The van der Waals surface area contributed by atoms with Gasteiger partial charge in [-0.25, -0.2) is 0 Å². The fourth-order valence-corrected chi connectivity index (χ4v) is 6.03. The van der Waals surface area contributed by atoms with Crippen LogP contribution in [0, 0.1) is 0 Å². The first-order chi connectivity index (χ1) is 20.5. The molecule has 1 saturated heterocycles. The lowest BCUT2D eigenvalue weighted by molar-refractivity contribution is -0.868. The van der Waals surface area contributed by atoms with E-state index in [1.54, 1.807) is 0 Å². The number of rotatable bonds is 26. The van der Waals surface area contributed by atoms with Crippen molar-refractivity contribution in [1.29, 1.82) is 0 Å². The third kappa shape index (κ3) is 19.9. The molecule has 0 radical (unpaired) electrons. The van der Waals surface area contributed by atoms with Crippen LogP contribution in [0.15, 0.2) is 36.5 Å². The van der Waals surface area contributed by atoms with Gasteiger partial charge in [0, 0.05) is 32.4 Å². The summed E-state index contributed by atoms with van der Waals surface area (Å²) in [6.45, 7) is 5.40. The number of carbonyl (C=O) groups excluding carboxylic acids is 2. The van der Waals surface area contributed by atoms with E-state index in [4.69, 9.17) is 0 Å². The molecule has 1 atom stereocenters. The monoisotopic (exact) mass is 617 g/mol. The molecule has 246 valence electrons. The second-order valence-corrected chi connectivity index (χ2v) is 12.9. The van der Waals surface area contributed by atoms with Crippen molar-refractivity contribution in [2.45, 2.75) is 142 Å². The Morgan fingerprint density at radius 3 is 1.86 bits per heavy atom. The molecule has 1 fully saturated rings. The summed E-state index contributed by atoms with van der Waals surface area (Å²) in [5, 5.41) is 3.13. The van der Waals surface area contributed by atoms with E-state index in [9.17, 15) is 9.59 Å². The topological polar surface area (TPSA) is 49.4 Å². The average Bonchev–Trinajstić information content (AvgIpc) is 3.40. The number of halogens is 1. The standard InChI is InChI=1S/C37H63N3O2.ClH/c1-3-4-5-6-7-8-9-10-11-12-13-14-15-16-17-18-22-27-36(41)38-30-24-32-40(2,34-39-31-23-28-37(39)42)33-29-35-25-20-19-21-26-35;/h19-21,25-26,29,33H,3-18,22-24,27-28,30-32,34H2,1-2H3;1H. The Balaban J connectivity index is 0.00000924. The Kier molecular flexibility index (Phi) is 23.2. The maximum Gasteiger partial charge on any atom is 0.226 e. The van der Waals surface area contributed by atoms with E-state index in [0.717, 1.165) is 44.3 Å². The molecular formula is C37H64ClN3O2. The Morgan fingerprint density at radius 2 is 1.35 bits per heavy atom. The van der Waals surface area contributed by atoms with Crippen LogP contribution in [0.4, 0.5) is 0 Å². The summed E-state index contributed by atoms with van der Waals surface area (Å²) in [7, 11) is 2.18. The van der Waals surface area contributed by atoms with Crippen molar-refractivity contribution in [1.82, 2.24) is 10.2 Å². The number of nitrogens with zero attached hydrogens (tertiary/aromatic N) is 2. The molecule has 0 aromatic heterocycles. The Bertz CT molecular complexity index is 863. The molecule has 1 aliphatic heterocycles. The second kappa shape index (κ2) is 25.5. The zero-order valence-electron chi connectivity index (χ0n) is 27.8. The van der Waals surface area contributed by atoms with Gasteiger partial charge in [-0.15, -0.1) is 0 Å². The normalized spacial score (nSPS) is 14.7. The molecule has 2 rings (SSSR count). The van der Waals surface area contributed by atoms with E-state index in [1.165, 1.54) is 96.3 Å². The van der Waals surface area contributed by atoms with Crippen LogP contribution in [0.2, 0.25) is 0 Å². The van der Waals surface area contributed by atoms with Crippen LogP contribution in [0.25, 0.3) is 6.08 Å². The van der Waals surface area contributed by atoms with Gasteiger partial charge < -0.3 is 17.7 Å². The molecule has 5 nitrogen and oxygen atoms in total. The number of hydrogen-bond acceptors (Lipinski definition) is 2. The van der Waals surface area contributed by atoms with Gasteiger partial charge in [0.2, 0.25) is 11.8 Å². The van der Waals surface area contributed by atoms with Crippen molar-refractivity contribution in [3.8, 4) is 0 Å². The molecular weight excluding hydrogens is 554 g/mol. The van der Waals surface area contributed by atoms with Crippen LogP contribution < -0.4 is 17.7 Å². The van der Waals surface area contributed by atoms with E-state index in [0.29, 0.717) is 30.5 Å². The van der Waals surface area contributed by atoms with Gasteiger partial charge in [0.05, 0.1) is 19.8 Å². The summed E-state index contributed by atoms with van der Waals surface area (Å²) in [6.07, 6.45) is 30.6. The fraction of sp³-hybridized carbons (Fsp3) is 0.730. The predicted molar refractivity (Wildman–Crippen MR) is 179 cm³/mol. The first kappa shape index (κ1) is 39.2. The molecule has 1 aliphatic rings. The number of likely N-dealkylation sites (tertiary alicyclic amines) is 1. The Labute approximate surface area is 271 Å². The summed E-state index contributed by atoms with van der Waals surface area (Å²) >= 11 is 0. The highest BCUT2D eigenvalue weighted by atomic mass is 35.5. The lowest BCUT2D eigenvalue weighted by Gasteiger charge is -2.34. The van der Waals surface area contributed by atoms with Crippen LogP contribution in [-0.2, 0) is 9.59 Å². The largest absolute Gasteiger partial charge is 1.00 e. The number of hydrogen-bond donors (Lipinski definition) is 1. The number of amides is 2. The third-order valence-corrected chi connectivity index (χ3v) is 8.77. The van der Waals surface area contributed by atoms with Crippen LogP contribution in [0.1, 0.15) is 147 Å². The quantitative estimate of drug-likeness (QED) is 0.0989. The lowest BCUT2D eigenvalue weighted by atomic mass is 10.0. The summed E-state index contributed by atoms with van der Waals surface area (Å²) < 4.78 is 0.662. The zero-order valence-corrected chi connectivity index (χ0v) is 28.6. The molecule has 6 heteroatoms. The van der Waals surface area contributed by atoms with E-state index in [1.807, 2.05) is 23.1 Å². The van der Waals surface area contributed by atoms with Gasteiger partial charge in [0.1, 0.15) is 0 Å². The molecule has 1 aromatic rings. The van der Waals surface area contributed by atoms with Crippen LogP contribution in [0.5, 0.6) is 0 Å². The average molecular weight is 618 g/mol. The van der Waals surface area contributed by atoms with Gasteiger partial charge in [-0.1, -0.05) is 140 Å². The van der Waals surface area contributed by atoms with Gasteiger partial charge in [0.15, 0.2) is 6.67 Å². The highest BCUT2D eigenvalue weighted by Gasteiger charge is 2.28. The van der Waals surface area contributed by atoms with Crippen LogP contribution in [0.3, 0.4) is 0 Å². The maximum atomic E-state index is 12.4. The molecule has 0 bridgehead atoms. The van der Waals surface area contributed by atoms with Crippen molar-refractivity contribution in [2.75, 3.05) is 33.4 Å². The molecule has 0 spiro atoms.